The molecule has 0 unspecified atom stereocenters. The summed E-state index contributed by atoms with van der Waals surface area (Å²) in [5.41, 5.74) is 0. The Kier molecular flexibility index (Phi) is 36.0. The van der Waals surface area contributed by atoms with Crippen LogP contribution in [-0.4, -0.2) is 37.2 Å². The van der Waals surface area contributed by atoms with E-state index in [-0.39, 0.29) is 31.1 Å². The number of carbonyl (C=O) groups excluding carboxylic acids is 3. The molecule has 0 aliphatic rings. The zero-order chi connectivity index (χ0) is 36.9. The maximum atomic E-state index is 12.5. The first-order valence-corrected chi connectivity index (χ1v) is 21.7. The van der Waals surface area contributed by atoms with E-state index in [1.165, 1.54) is 116 Å². The Morgan fingerprint density at radius 2 is 0.660 bits per heavy atom. The molecule has 0 fully saturated rings. The van der Waals surface area contributed by atoms with E-state index in [4.69, 9.17) is 14.2 Å². The summed E-state index contributed by atoms with van der Waals surface area (Å²) in [4.78, 5) is 37.4. The largest absolute Gasteiger partial charge is 0.462 e. The van der Waals surface area contributed by atoms with Gasteiger partial charge in [0.05, 0.1) is 0 Å². The molecule has 0 rings (SSSR count). The van der Waals surface area contributed by atoms with E-state index in [2.05, 4.69) is 34.6 Å². The molecular formula is C44H84O6. The van der Waals surface area contributed by atoms with Gasteiger partial charge in [-0.25, -0.2) is 0 Å². The molecule has 50 heavy (non-hydrogen) atoms. The van der Waals surface area contributed by atoms with Crippen LogP contribution in [0.3, 0.4) is 0 Å². The highest BCUT2D eigenvalue weighted by Crippen LogP contribution is 2.16. The van der Waals surface area contributed by atoms with E-state index in [9.17, 15) is 14.4 Å². The highest BCUT2D eigenvalue weighted by atomic mass is 16.6. The summed E-state index contributed by atoms with van der Waals surface area (Å²) in [6.07, 6.45) is 34.0. The number of hydrogen-bond donors (Lipinski definition) is 0. The second-order valence-electron chi connectivity index (χ2n) is 15.9. The van der Waals surface area contributed by atoms with Crippen LogP contribution in [0.4, 0.5) is 0 Å². The molecule has 0 heterocycles. The third-order valence-electron chi connectivity index (χ3n) is 9.72. The molecular weight excluding hydrogens is 624 g/mol. The second kappa shape index (κ2) is 37.2. The van der Waals surface area contributed by atoms with Gasteiger partial charge in [-0.1, -0.05) is 195 Å². The number of unbranched alkanes of at least 4 members (excludes halogenated alkanes) is 23. The lowest BCUT2D eigenvalue weighted by atomic mass is 10.0. The van der Waals surface area contributed by atoms with Crippen molar-refractivity contribution in [2.24, 2.45) is 11.8 Å². The van der Waals surface area contributed by atoms with Gasteiger partial charge in [-0.05, 0) is 31.1 Å². The van der Waals surface area contributed by atoms with Crippen LogP contribution in [0.2, 0.25) is 0 Å². The Morgan fingerprint density at radius 3 is 0.980 bits per heavy atom. The van der Waals surface area contributed by atoms with E-state index in [0.717, 1.165) is 76.0 Å². The zero-order valence-corrected chi connectivity index (χ0v) is 34.0. The van der Waals surface area contributed by atoms with E-state index in [1.807, 2.05) is 0 Å². The summed E-state index contributed by atoms with van der Waals surface area (Å²) < 4.78 is 16.6. The molecule has 1 atom stereocenters. The summed E-state index contributed by atoms with van der Waals surface area (Å²) in [6.45, 7) is 11.2. The third-order valence-corrected chi connectivity index (χ3v) is 9.72. The van der Waals surface area contributed by atoms with Gasteiger partial charge >= 0.3 is 17.9 Å². The third kappa shape index (κ3) is 37.7. The number of esters is 3. The summed E-state index contributed by atoms with van der Waals surface area (Å²) in [7, 11) is 0. The number of ether oxygens (including phenoxy) is 3. The predicted molar refractivity (Wildman–Crippen MR) is 210 cm³/mol. The fourth-order valence-corrected chi connectivity index (χ4v) is 6.40. The summed E-state index contributed by atoms with van der Waals surface area (Å²) in [5.74, 6) is 0.771. The average Bonchev–Trinajstić information content (AvgIpc) is 3.08. The molecule has 296 valence electrons. The maximum absolute atomic E-state index is 12.5. The van der Waals surface area contributed by atoms with Crippen LogP contribution in [0.5, 0.6) is 0 Å². The number of carbonyl (C=O) groups is 3. The van der Waals surface area contributed by atoms with Gasteiger partial charge in [-0.2, -0.15) is 0 Å². The normalized spacial score (nSPS) is 12.1. The predicted octanol–water partition coefficient (Wildman–Crippen LogP) is 13.4. The molecule has 6 nitrogen and oxygen atoms in total. The van der Waals surface area contributed by atoms with E-state index < -0.39 is 6.10 Å². The average molecular weight is 709 g/mol. The van der Waals surface area contributed by atoms with Gasteiger partial charge in [0.25, 0.3) is 0 Å². The zero-order valence-electron chi connectivity index (χ0n) is 34.0. The van der Waals surface area contributed by atoms with Gasteiger partial charge in [0.15, 0.2) is 6.10 Å². The molecule has 0 aromatic heterocycles. The Bertz CT molecular complexity index is 764. The molecule has 0 bridgehead atoms. The molecule has 0 aliphatic heterocycles. The molecule has 0 aliphatic carbocycles. The number of rotatable bonds is 38. The highest BCUT2D eigenvalue weighted by Gasteiger charge is 2.19. The number of hydrogen-bond acceptors (Lipinski definition) is 6. The maximum Gasteiger partial charge on any atom is 0.306 e. The lowest BCUT2D eigenvalue weighted by molar-refractivity contribution is -0.167. The Hall–Kier alpha value is -1.59. The van der Waals surface area contributed by atoms with E-state index in [0.29, 0.717) is 19.3 Å². The minimum atomic E-state index is -0.758. The van der Waals surface area contributed by atoms with Crippen LogP contribution in [-0.2, 0) is 28.6 Å². The van der Waals surface area contributed by atoms with Crippen molar-refractivity contribution < 1.29 is 28.6 Å². The second-order valence-corrected chi connectivity index (χ2v) is 15.9. The van der Waals surface area contributed by atoms with Crippen LogP contribution >= 0.6 is 0 Å². The molecule has 6 heteroatoms. The van der Waals surface area contributed by atoms with Gasteiger partial charge in [0.2, 0.25) is 0 Å². The SMILES string of the molecule is CCCCCCCC(=O)O[C@@H](COC(=O)CCCCCCCCCCCCCC(C)C)COC(=O)CCCCCCCCCCCCC(C)C. The molecule has 0 aromatic rings. The first-order chi connectivity index (χ1) is 24.2. The molecule has 0 spiro atoms. The monoisotopic (exact) mass is 709 g/mol. The molecule has 0 saturated heterocycles. The Morgan fingerprint density at radius 1 is 0.380 bits per heavy atom. The summed E-state index contributed by atoms with van der Waals surface area (Å²) in [5, 5.41) is 0. The minimum Gasteiger partial charge on any atom is -0.462 e. The quantitative estimate of drug-likeness (QED) is 0.0361. The molecule has 0 saturated carbocycles. The molecule has 0 radical (unpaired) electrons. The topological polar surface area (TPSA) is 78.9 Å². The van der Waals surface area contributed by atoms with Crippen LogP contribution in [0.1, 0.15) is 234 Å². The van der Waals surface area contributed by atoms with E-state index >= 15 is 0 Å². The van der Waals surface area contributed by atoms with Gasteiger partial charge in [0, 0.05) is 19.3 Å². The first kappa shape index (κ1) is 48.4. The van der Waals surface area contributed by atoms with Crippen LogP contribution in [0.25, 0.3) is 0 Å². The van der Waals surface area contributed by atoms with Gasteiger partial charge in [-0.15, -0.1) is 0 Å². The van der Waals surface area contributed by atoms with Gasteiger partial charge in [-0.3, -0.25) is 14.4 Å². The summed E-state index contributed by atoms with van der Waals surface area (Å²) >= 11 is 0. The molecule has 0 aromatic carbocycles. The highest BCUT2D eigenvalue weighted by molar-refractivity contribution is 5.71. The lowest BCUT2D eigenvalue weighted by Crippen LogP contribution is -2.30. The van der Waals surface area contributed by atoms with E-state index in [1.54, 1.807) is 0 Å². The lowest BCUT2D eigenvalue weighted by Gasteiger charge is -2.18. The van der Waals surface area contributed by atoms with Crippen molar-refractivity contribution in [2.45, 2.75) is 240 Å². The van der Waals surface area contributed by atoms with Crippen molar-refractivity contribution in [3.05, 3.63) is 0 Å². The van der Waals surface area contributed by atoms with Gasteiger partial charge in [0.1, 0.15) is 13.2 Å². The van der Waals surface area contributed by atoms with Crippen LogP contribution in [0, 0.1) is 11.8 Å². The smallest absolute Gasteiger partial charge is 0.306 e. The standard InChI is InChI=1S/C44H84O6/c1-6-7-8-22-31-36-44(47)50-41(38-49-43(46)35-30-26-21-17-13-12-15-19-24-28-33-40(4)5)37-48-42(45)34-29-25-20-16-11-9-10-14-18-23-27-32-39(2)3/h39-41H,6-38H2,1-5H3/t41-/m0/s1. The Labute approximate surface area is 310 Å². The Balaban J connectivity index is 4.17. The van der Waals surface area contributed by atoms with Crippen molar-refractivity contribution in [1.82, 2.24) is 0 Å². The fraction of sp³-hybridized carbons (Fsp3) is 0.932. The van der Waals surface area contributed by atoms with Crippen molar-refractivity contribution in [1.29, 1.82) is 0 Å². The van der Waals surface area contributed by atoms with Gasteiger partial charge < -0.3 is 14.2 Å². The molecule has 0 N–H and O–H groups in total. The minimum absolute atomic E-state index is 0.0666. The van der Waals surface area contributed by atoms with Crippen molar-refractivity contribution in [3.63, 3.8) is 0 Å². The van der Waals surface area contributed by atoms with Crippen LogP contribution in [0.15, 0.2) is 0 Å². The van der Waals surface area contributed by atoms with Crippen molar-refractivity contribution in [2.75, 3.05) is 13.2 Å². The van der Waals surface area contributed by atoms with Crippen LogP contribution < -0.4 is 0 Å². The van der Waals surface area contributed by atoms with Crippen molar-refractivity contribution in [3.8, 4) is 0 Å². The summed E-state index contributed by atoms with van der Waals surface area (Å²) in [6, 6.07) is 0. The fourth-order valence-electron chi connectivity index (χ4n) is 6.40. The molecule has 0 amide bonds. The first-order valence-electron chi connectivity index (χ1n) is 21.7. The van der Waals surface area contributed by atoms with Crippen molar-refractivity contribution >= 4 is 17.9 Å².